The Bertz CT molecular complexity index is 556. The standard InChI is InChI=1S/C16H20N4/c1-11(2)12-3-5-13(6-4-12)15-7-8-16(20-19-15)18-14-9-17-10-14/h3-8,11,14,17H,9-10H2,1-2H3,(H,18,20). The van der Waals surface area contributed by atoms with E-state index >= 15 is 0 Å². The molecule has 0 radical (unpaired) electrons. The zero-order valence-corrected chi connectivity index (χ0v) is 11.9. The summed E-state index contributed by atoms with van der Waals surface area (Å²) in [5.74, 6) is 1.40. The third-order valence-corrected chi connectivity index (χ3v) is 3.67. The largest absolute Gasteiger partial charge is 0.363 e. The third-order valence-electron chi connectivity index (χ3n) is 3.67. The molecule has 1 saturated heterocycles. The topological polar surface area (TPSA) is 49.8 Å². The van der Waals surface area contributed by atoms with Crippen LogP contribution in [0.5, 0.6) is 0 Å². The number of rotatable bonds is 4. The van der Waals surface area contributed by atoms with Crippen molar-refractivity contribution in [2.45, 2.75) is 25.8 Å². The van der Waals surface area contributed by atoms with E-state index in [2.05, 4.69) is 58.9 Å². The summed E-state index contributed by atoms with van der Waals surface area (Å²) < 4.78 is 0. The quantitative estimate of drug-likeness (QED) is 0.895. The second kappa shape index (κ2) is 5.59. The maximum atomic E-state index is 4.30. The van der Waals surface area contributed by atoms with Gasteiger partial charge in [-0.1, -0.05) is 38.1 Å². The maximum absolute atomic E-state index is 4.30. The van der Waals surface area contributed by atoms with E-state index < -0.39 is 0 Å². The Kier molecular flexibility index (Phi) is 3.65. The highest BCUT2D eigenvalue weighted by Crippen LogP contribution is 2.21. The van der Waals surface area contributed by atoms with Crippen LogP contribution in [0.1, 0.15) is 25.3 Å². The Morgan fingerprint density at radius 3 is 2.30 bits per heavy atom. The van der Waals surface area contributed by atoms with Crippen LogP contribution in [0, 0.1) is 0 Å². The van der Waals surface area contributed by atoms with Crippen LogP contribution in [-0.2, 0) is 0 Å². The molecular weight excluding hydrogens is 248 g/mol. The molecule has 4 heteroatoms. The summed E-state index contributed by atoms with van der Waals surface area (Å²) in [5.41, 5.74) is 3.37. The van der Waals surface area contributed by atoms with Gasteiger partial charge in [-0.3, -0.25) is 0 Å². The summed E-state index contributed by atoms with van der Waals surface area (Å²) in [6.07, 6.45) is 0. The fourth-order valence-corrected chi connectivity index (χ4v) is 2.20. The van der Waals surface area contributed by atoms with Gasteiger partial charge in [0.1, 0.15) is 5.82 Å². The molecule has 1 fully saturated rings. The number of nitrogens with one attached hydrogen (secondary N) is 2. The lowest BCUT2D eigenvalue weighted by Crippen LogP contribution is -2.51. The van der Waals surface area contributed by atoms with Crippen LogP contribution >= 0.6 is 0 Å². The molecule has 104 valence electrons. The molecule has 0 aliphatic carbocycles. The second-order valence-corrected chi connectivity index (χ2v) is 5.58. The fraction of sp³-hybridized carbons (Fsp3) is 0.375. The van der Waals surface area contributed by atoms with Crippen LogP contribution in [0.15, 0.2) is 36.4 Å². The van der Waals surface area contributed by atoms with Gasteiger partial charge in [0, 0.05) is 18.7 Å². The molecule has 0 unspecified atom stereocenters. The zero-order chi connectivity index (χ0) is 13.9. The lowest BCUT2D eigenvalue weighted by atomic mass is 10.0. The van der Waals surface area contributed by atoms with Gasteiger partial charge >= 0.3 is 0 Å². The summed E-state index contributed by atoms with van der Waals surface area (Å²) >= 11 is 0. The lowest BCUT2D eigenvalue weighted by Gasteiger charge is -2.28. The van der Waals surface area contributed by atoms with Crippen molar-refractivity contribution in [1.29, 1.82) is 0 Å². The molecule has 2 N–H and O–H groups in total. The Balaban J connectivity index is 1.72. The van der Waals surface area contributed by atoms with E-state index in [4.69, 9.17) is 0 Å². The first-order chi connectivity index (χ1) is 9.72. The Labute approximate surface area is 119 Å². The van der Waals surface area contributed by atoms with E-state index in [0.717, 1.165) is 30.2 Å². The van der Waals surface area contributed by atoms with Gasteiger partial charge in [-0.15, -0.1) is 10.2 Å². The van der Waals surface area contributed by atoms with Gasteiger partial charge in [-0.05, 0) is 23.6 Å². The van der Waals surface area contributed by atoms with E-state index in [0.29, 0.717) is 12.0 Å². The van der Waals surface area contributed by atoms with Gasteiger partial charge < -0.3 is 10.6 Å². The average molecular weight is 268 g/mol. The van der Waals surface area contributed by atoms with E-state index in [1.54, 1.807) is 0 Å². The number of benzene rings is 1. The molecular formula is C16H20N4. The summed E-state index contributed by atoms with van der Waals surface area (Å²) in [7, 11) is 0. The number of anilines is 1. The summed E-state index contributed by atoms with van der Waals surface area (Å²) in [6.45, 7) is 6.40. The maximum Gasteiger partial charge on any atom is 0.148 e. The van der Waals surface area contributed by atoms with E-state index in [1.807, 2.05) is 12.1 Å². The predicted octanol–water partition coefficient (Wildman–Crippen LogP) is 2.65. The summed E-state index contributed by atoms with van der Waals surface area (Å²) in [6, 6.07) is 13.1. The van der Waals surface area contributed by atoms with Gasteiger partial charge in [0.25, 0.3) is 0 Å². The number of aromatic nitrogens is 2. The highest BCUT2D eigenvalue weighted by Gasteiger charge is 2.16. The van der Waals surface area contributed by atoms with Crippen LogP contribution in [0.25, 0.3) is 11.3 Å². The molecule has 1 aliphatic rings. The van der Waals surface area contributed by atoms with Crippen LogP contribution < -0.4 is 10.6 Å². The minimum Gasteiger partial charge on any atom is -0.363 e. The average Bonchev–Trinajstić information content (AvgIpc) is 2.44. The van der Waals surface area contributed by atoms with Crippen LogP contribution in [0.4, 0.5) is 5.82 Å². The fourth-order valence-electron chi connectivity index (χ4n) is 2.20. The summed E-state index contributed by atoms with van der Waals surface area (Å²) in [4.78, 5) is 0. The normalized spacial score (nSPS) is 15.2. The molecule has 0 saturated carbocycles. The van der Waals surface area contributed by atoms with Gasteiger partial charge in [-0.2, -0.15) is 0 Å². The SMILES string of the molecule is CC(C)c1ccc(-c2ccc(NC3CNC3)nn2)cc1. The van der Waals surface area contributed by atoms with E-state index in [1.165, 1.54) is 5.56 Å². The molecule has 4 nitrogen and oxygen atoms in total. The van der Waals surface area contributed by atoms with Crippen molar-refractivity contribution in [2.24, 2.45) is 0 Å². The molecule has 1 aromatic carbocycles. The van der Waals surface area contributed by atoms with Crippen LogP contribution in [0.2, 0.25) is 0 Å². The third kappa shape index (κ3) is 2.80. The lowest BCUT2D eigenvalue weighted by molar-refractivity contribution is 0.470. The van der Waals surface area contributed by atoms with Crippen molar-refractivity contribution in [1.82, 2.24) is 15.5 Å². The van der Waals surface area contributed by atoms with Gasteiger partial charge in [0.15, 0.2) is 0 Å². The Hall–Kier alpha value is -1.94. The molecule has 0 amide bonds. The highest BCUT2D eigenvalue weighted by molar-refractivity contribution is 5.60. The zero-order valence-electron chi connectivity index (χ0n) is 11.9. The van der Waals surface area contributed by atoms with Gasteiger partial charge in [-0.25, -0.2) is 0 Å². The molecule has 1 aliphatic heterocycles. The second-order valence-electron chi connectivity index (χ2n) is 5.58. The molecule has 1 aromatic heterocycles. The molecule has 2 aromatic rings. The first kappa shape index (κ1) is 13.1. The van der Waals surface area contributed by atoms with E-state index in [-0.39, 0.29) is 0 Å². The Morgan fingerprint density at radius 1 is 1.05 bits per heavy atom. The predicted molar refractivity (Wildman–Crippen MR) is 81.8 cm³/mol. The van der Waals surface area contributed by atoms with Crippen molar-refractivity contribution in [2.75, 3.05) is 18.4 Å². The molecule has 0 atom stereocenters. The molecule has 0 spiro atoms. The monoisotopic (exact) mass is 268 g/mol. The first-order valence-electron chi connectivity index (χ1n) is 7.13. The number of nitrogens with zero attached hydrogens (tertiary/aromatic N) is 2. The first-order valence-corrected chi connectivity index (χ1v) is 7.13. The van der Waals surface area contributed by atoms with Crippen LogP contribution in [0.3, 0.4) is 0 Å². The molecule has 0 bridgehead atoms. The van der Waals surface area contributed by atoms with Gasteiger partial charge in [0.05, 0.1) is 11.7 Å². The van der Waals surface area contributed by atoms with Gasteiger partial charge in [0.2, 0.25) is 0 Å². The van der Waals surface area contributed by atoms with Crippen molar-refractivity contribution in [3.8, 4) is 11.3 Å². The number of hydrogen-bond donors (Lipinski definition) is 2. The van der Waals surface area contributed by atoms with Crippen molar-refractivity contribution >= 4 is 5.82 Å². The molecule has 3 rings (SSSR count). The molecule has 20 heavy (non-hydrogen) atoms. The van der Waals surface area contributed by atoms with Crippen molar-refractivity contribution in [3.05, 3.63) is 42.0 Å². The molecule has 2 heterocycles. The smallest absolute Gasteiger partial charge is 0.148 e. The van der Waals surface area contributed by atoms with Crippen molar-refractivity contribution < 1.29 is 0 Å². The highest BCUT2D eigenvalue weighted by atomic mass is 15.2. The Morgan fingerprint density at radius 2 is 1.80 bits per heavy atom. The number of hydrogen-bond acceptors (Lipinski definition) is 4. The van der Waals surface area contributed by atoms with Crippen LogP contribution in [-0.4, -0.2) is 29.3 Å². The van der Waals surface area contributed by atoms with E-state index in [9.17, 15) is 0 Å². The van der Waals surface area contributed by atoms with Crippen molar-refractivity contribution in [3.63, 3.8) is 0 Å². The summed E-state index contributed by atoms with van der Waals surface area (Å²) in [5, 5.41) is 15.1. The minimum absolute atomic E-state index is 0.487. The minimum atomic E-state index is 0.487.